The van der Waals surface area contributed by atoms with Gasteiger partial charge in [0.1, 0.15) is 0 Å². The summed E-state index contributed by atoms with van der Waals surface area (Å²) in [6.45, 7) is 0. The van der Waals surface area contributed by atoms with E-state index in [0.29, 0.717) is 5.69 Å². The average Bonchev–Trinajstić information content (AvgIpc) is 3.10. The van der Waals surface area contributed by atoms with Gasteiger partial charge in [-0.15, -0.1) is 0 Å². The van der Waals surface area contributed by atoms with E-state index in [0.717, 1.165) is 51.9 Å². The molecule has 3 aromatic carbocycles. The van der Waals surface area contributed by atoms with Crippen LogP contribution in [-0.2, 0) is 16.4 Å². The molecule has 0 unspecified atom stereocenters. The minimum atomic E-state index is -3.35. The highest BCUT2D eigenvalue weighted by Crippen LogP contribution is 2.43. The van der Waals surface area contributed by atoms with Crippen molar-refractivity contribution in [3.05, 3.63) is 77.9 Å². The Kier molecular flexibility index (Phi) is 4.78. The molecule has 1 aliphatic rings. The number of benzene rings is 3. The zero-order valence-corrected chi connectivity index (χ0v) is 19.0. The van der Waals surface area contributed by atoms with Crippen LogP contribution in [0.15, 0.2) is 66.7 Å². The fourth-order valence-corrected chi connectivity index (χ4v) is 4.83. The Balaban J connectivity index is 1.58. The molecule has 1 aliphatic carbocycles. The smallest absolute Gasteiger partial charge is 0.229 e. The molecule has 0 spiro atoms. The molecule has 162 valence electrons. The summed E-state index contributed by atoms with van der Waals surface area (Å²) in [4.78, 5) is 6.94. The van der Waals surface area contributed by atoms with Gasteiger partial charge in [-0.25, -0.2) is 13.4 Å². The summed E-state index contributed by atoms with van der Waals surface area (Å²) >= 11 is 0. The van der Waals surface area contributed by atoms with E-state index in [1.807, 2.05) is 49.3 Å². The van der Waals surface area contributed by atoms with Crippen molar-refractivity contribution >= 4 is 43.7 Å². The second-order valence-electron chi connectivity index (χ2n) is 8.33. The number of para-hydroxylation sites is 1. The SMILES string of the molecule is CN(C)c1cc(NS(C)(=O)=O)ccc1Nc1cccc2c1-c1nc3ccccc3cc1C2. The van der Waals surface area contributed by atoms with Crippen LogP contribution in [0, 0.1) is 0 Å². The Morgan fingerprint density at radius 1 is 0.906 bits per heavy atom. The molecule has 0 amide bonds. The largest absolute Gasteiger partial charge is 0.376 e. The zero-order chi connectivity index (χ0) is 22.5. The molecule has 5 rings (SSSR count). The van der Waals surface area contributed by atoms with Crippen LogP contribution in [0.25, 0.3) is 22.2 Å². The summed E-state index contributed by atoms with van der Waals surface area (Å²) in [7, 11) is 0.519. The maximum absolute atomic E-state index is 11.6. The molecule has 0 saturated carbocycles. The third kappa shape index (κ3) is 3.76. The van der Waals surface area contributed by atoms with Crippen LogP contribution < -0.4 is 14.9 Å². The van der Waals surface area contributed by atoms with Gasteiger partial charge in [-0.1, -0.05) is 30.3 Å². The van der Waals surface area contributed by atoms with E-state index >= 15 is 0 Å². The number of nitrogens with one attached hydrogen (secondary N) is 2. The molecular weight excluding hydrogens is 420 g/mol. The van der Waals surface area contributed by atoms with Gasteiger partial charge in [0.2, 0.25) is 10.0 Å². The number of aromatic nitrogens is 1. The molecule has 7 heteroatoms. The van der Waals surface area contributed by atoms with Crippen LogP contribution >= 0.6 is 0 Å². The maximum Gasteiger partial charge on any atom is 0.229 e. The van der Waals surface area contributed by atoms with E-state index in [2.05, 4.69) is 40.4 Å². The van der Waals surface area contributed by atoms with Gasteiger partial charge in [0.05, 0.1) is 34.5 Å². The number of anilines is 4. The number of nitrogens with zero attached hydrogens (tertiary/aromatic N) is 2. The molecule has 0 radical (unpaired) electrons. The van der Waals surface area contributed by atoms with Gasteiger partial charge in [-0.2, -0.15) is 0 Å². The summed E-state index contributed by atoms with van der Waals surface area (Å²) in [5.74, 6) is 0. The Hall–Kier alpha value is -3.58. The summed E-state index contributed by atoms with van der Waals surface area (Å²) in [5.41, 5.74) is 8.87. The lowest BCUT2D eigenvalue weighted by Crippen LogP contribution is -2.14. The Bertz CT molecular complexity index is 1460. The van der Waals surface area contributed by atoms with Gasteiger partial charge in [0.15, 0.2) is 0 Å². The van der Waals surface area contributed by atoms with Crippen molar-refractivity contribution in [3.63, 3.8) is 0 Å². The number of hydrogen-bond donors (Lipinski definition) is 2. The lowest BCUT2D eigenvalue weighted by Gasteiger charge is -2.21. The second-order valence-corrected chi connectivity index (χ2v) is 10.1. The summed E-state index contributed by atoms with van der Waals surface area (Å²) < 4.78 is 25.8. The van der Waals surface area contributed by atoms with Crippen LogP contribution in [0.2, 0.25) is 0 Å². The molecule has 0 fully saturated rings. The highest BCUT2D eigenvalue weighted by molar-refractivity contribution is 7.92. The Morgan fingerprint density at radius 3 is 2.50 bits per heavy atom. The van der Waals surface area contributed by atoms with Crippen molar-refractivity contribution in [2.45, 2.75) is 6.42 Å². The van der Waals surface area contributed by atoms with Crippen LogP contribution in [0.5, 0.6) is 0 Å². The van der Waals surface area contributed by atoms with Crippen LogP contribution in [-0.4, -0.2) is 33.8 Å². The minimum Gasteiger partial charge on any atom is -0.376 e. The van der Waals surface area contributed by atoms with E-state index in [4.69, 9.17) is 4.98 Å². The standard InChI is InChI=1S/C25H24N4O2S/c1-29(2)23-15-19(28-32(3,30)31)11-12-21(23)26-22-10-6-8-17-14-18-13-16-7-4-5-9-20(16)27-25(18)24(17)22/h4-13,15,26,28H,14H2,1-3H3. The van der Waals surface area contributed by atoms with E-state index in [9.17, 15) is 8.42 Å². The third-order valence-corrected chi connectivity index (χ3v) is 6.23. The van der Waals surface area contributed by atoms with Crippen molar-refractivity contribution in [3.8, 4) is 11.3 Å². The molecule has 4 aromatic rings. The van der Waals surface area contributed by atoms with E-state index < -0.39 is 10.0 Å². The molecule has 2 N–H and O–H groups in total. The molecule has 0 bridgehead atoms. The van der Waals surface area contributed by atoms with Gasteiger partial charge in [0.25, 0.3) is 0 Å². The molecule has 0 atom stereocenters. The summed E-state index contributed by atoms with van der Waals surface area (Å²) in [6, 6.07) is 22.2. The van der Waals surface area contributed by atoms with Crippen LogP contribution in [0.1, 0.15) is 11.1 Å². The highest BCUT2D eigenvalue weighted by atomic mass is 32.2. The van der Waals surface area contributed by atoms with Crippen molar-refractivity contribution in [1.29, 1.82) is 0 Å². The number of hydrogen-bond acceptors (Lipinski definition) is 5. The van der Waals surface area contributed by atoms with Gasteiger partial charge in [-0.05, 0) is 47.5 Å². The monoisotopic (exact) mass is 444 g/mol. The predicted octanol–water partition coefficient (Wildman–Crippen LogP) is 4.99. The average molecular weight is 445 g/mol. The molecule has 1 aromatic heterocycles. The third-order valence-electron chi connectivity index (χ3n) is 5.62. The normalized spacial score (nSPS) is 12.3. The molecule has 6 nitrogen and oxygen atoms in total. The molecule has 1 heterocycles. The van der Waals surface area contributed by atoms with Crippen molar-refractivity contribution < 1.29 is 8.42 Å². The number of sulfonamides is 1. The molecular formula is C25H24N4O2S. The van der Waals surface area contributed by atoms with Crippen molar-refractivity contribution in [2.24, 2.45) is 0 Å². The molecule has 0 saturated heterocycles. The van der Waals surface area contributed by atoms with Crippen LogP contribution in [0.3, 0.4) is 0 Å². The second kappa shape index (κ2) is 7.53. The first-order valence-corrected chi connectivity index (χ1v) is 12.2. The fourth-order valence-electron chi connectivity index (χ4n) is 4.28. The number of pyridine rings is 1. The number of fused-ring (bicyclic) bond motifs is 4. The summed E-state index contributed by atoms with van der Waals surface area (Å²) in [6.07, 6.45) is 2.01. The first-order chi connectivity index (χ1) is 15.3. The van der Waals surface area contributed by atoms with Gasteiger partial charge in [0, 0.05) is 37.2 Å². The Labute approximate surface area is 188 Å². The predicted molar refractivity (Wildman–Crippen MR) is 133 cm³/mol. The highest BCUT2D eigenvalue weighted by Gasteiger charge is 2.24. The molecule has 0 aliphatic heterocycles. The quantitative estimate of drug-likeness (QED) is 0.400. The topological polar surface area (TPSA) is 74.3 Å². The van der Waals surface area contributed by atoms with Gasteiger partial charge in [-0.3, -0.25) is 4.72 Å². The van der Waals surface area contributed by atoms with Gasteiger partial charge >= 0.3 is 0 Å². The minimum absolute atomic E-state index is 0.526. The van der Waals surface area contributed by atoms with Crippen molar-refractivity contribution in [2.75, 3.05) is 35.3 Å². The van der Waals surface area contributed by atoms with Crippen LogP contribution in [0.4, 0.5) is 22.7 Å². The first-order valence-electron chi connectivity index (χ1n) is 10.4. The summed E-state index contributed by atoms with van der Waals surface area (Å²) in [5, 5.41) is 4.72. The maximum atomic E-state index is 11.6. The fraction of sp³-hybridized carbons (Fsp3) is 0.160. The van der Waals surface area contributed by atoms with Crippen molar-refractivity contribution in [1.82, 2.24) is 4.98 Å². The van der Waals surface area contributed by atoms with E-state index in [1.54, 1.807) is 6.07 Å². The molecule has 32 heavy (non-hydrogen) atoms. The Morgan fingerprint density at radius 2 is 1.72 bits per heavy atom. The zero-order valence-electron chi connectivity index (χ0n) is 18.2. The number of rotatable bonds is 5. The van der Waals surface area contributed by atoms with E-state index in [-0.39, 0.29) is 0 Å². The first kappa shape index (κ1) is 20.3. The lowest BCUT2D eigenvalue weighted by molar-refractivity contribution is 0.607. The van der Waals surface area contributed by atoms with E-state index in [1.165, 1.54) is 11.1 Å². The van der Waals surface area contributed by atoms with Gasteiger partial charge < -0.3 is 10.2 Å². The lowest BCUT2D eigenvalue weighted by atomic mass is 10.1.